The average molecular weight is 374 g/mol. The SMILES string of the molecule is CCCC(C#N)(NP(=O)(c1ccccc1)c1ccccc1)c1ccccc1. The highest BCUT2D eigenvalue weighted by Crippen LogP contribution is 2.44. The molecule has 0 aliphatic carbocycles. The van der Waals surface area contributed by atoms with Crippen LogP contribution in [-0.2, 0) is 10.1 Å². The maximum atomic E-state index is 14.4. The lowest BCUT2D eigenvalue weighted by atomic mass is 9.88. The Morgan fingerprint density at radius 1 is 0.852 bits per heavy atom. The van der Waals surface area contributed by atoms with Crippen molar-refractivity contribution in [1.29, 1.82) is 5.26 Å². The van der Waals surface area contributed by atoms with Crippen molar-refractivity contribution in [3.05, 3.63) is 96.6 Å². The van der Waals surface area contributed by atoms with Crippen molar-refractivity contribution in [2.75, 3.05) is 0 Å². The molecule has 3 nitrogen and oxygen atoms in total. The molecule has 0 aliphatic rings. The summed E-state index contributed by atoms with van der Waals surface area (Å²) in [7, 11) is -3.23. The molecule has 0 aromatic heterocycles. The molecule has 0 radical (unpaired) electrons. The van der Waals surface area contributed by atoms with Gasteiger partial charge in [-0.05, 0) is 36.2 Å². The van der Waals surface area contributed by atoms with Gasteiger partial charge >= 0.3 is 0 Å². The van der Waals surface area contributed by atoms with Crippen molar-refractivity contribution < 1.29 is 4.57 Å². The van der Waals surface area contributed by atoms with Crippen molar-refractivity contribution >= 4 is 17.9 Å². The molecule has 1 unspecified atom stereocenters. The number of benzene rings is 3. The van der Waals surface area contributed by atoms with Crippen LogP contribution in [0.25, 0.3) is 0 Å². The highest BCUT2D eigenvalue weighted by Gasteiger charge is 2.40. The summed E-state index contributed by atoms with van der Waals surface area (Å²) in [4.78, 5) is 0. The van der Waals surface area contributed by atoms with E-state index < -0.39 is 12.8 Å². The summed E-state index contributed by atoms with van der Waals surface area (Å²) in [6, 6.07) is 30.8. The fraction of sp³-hybridized carbons (Fsp3) is 0.174. The fourth-order valence-electron chi connectivity index (χ4n) is 3.33. The van der Waals surface area contributed by atoms with Gasteiger partial charge in [-0.2, -0.15) is 5.26 Å². The molecule has 3 aromatic carbocycles. The molecule has 0 heterocycles. The van der Waals surface area contributed by atoms with E-state index >= 15 is 0 Å². The Bertz CT molecular complexity index is 908. The van der Waals surface area contributed by atoms with Crippen LogP contribution >= 0.6 is 7.29 Å². The number of hydrogen-bond acceptors (Lipinski definition) is 2. The molecule has 0 amide bonds. The summed E-state index contributed by atoms with van der Waals surface area (Å²) >= 11 is 0. The van der Waals surface area contributed by atoms with Gasteiger partial charge in [-0.3, -0.25) is 4.57 Å². The molecule has 1 N–H and O–H groups in total. The standard InChI is InChI=1S/C23H23N2OP/c1-2-18-23(19-24,20-12-6-3-7-13-20)25-27(26,21-14-8-4-9-15-21)22-16-10-5-11-17-22/h3-17H,2,18H2,1H3,(H,25,26). The molecule has 0 saturated carbocycles. The zero-order valence-electron chi connectivity index (χ0n) is 15.4. The molecule has 0 spiro atoms. The molecular weight excluding hydrogens is 351 g/mol. The van der Waals surface area contributed by atoms with Gasteiger partial charge in [0.1, 0.15) is 5.54 Å². The van der Waals surface area contributed by atoms with Gasteiger partial charge in [-0.25, -0.2) is 5.09 Å². The average Bonchev–Trinajstić information content (AvgIpc) is 2.75. The Hall–Kier alpha value is -2.66. The molecule has 136 valence electrons. The van der Waals surface area contributed by atoms with E-state index in [1.807, 2.05) is 97.9 Å². The summed E-state index contributed by atoms with van der Waals surface area (Å²) in [5, 5.41) is 14.9. The first-order valence-corrected chi connectivity index (χ1v) is 10.8. The molecule has 0 aliphatic heterocycles. The molecule has 3 aromatic rings. The van der Waals surface area contributed by atoms with Crippen LogP contribution in [0.15, 0.2) is 91.0 Å². The molecule has 0 bridgehead atoms. The minimum atomic E-state index is -3.23. The predicted octanol–water partition coefficient (Wildman–Crippen LogP) is 4.72. The van der Waals surface area contributed by atoms with Crippen LogP contribution < -0.4 is 15.7 Å². The van der Waals surface area contributed by atoms with E-state index in [1.54, 1.807) is 0 Å². The summed E-state index contributed by atoms with van der Waals surface area (Å²) in [6.45, 7) is 2.03. The zero-order valence-corrected chi connectivity index (χ0v) is 16.3. The molecule has 3 rings (SSSR count). The molecule has 4 heteroatoms. The maximum Gasteiger partial charge on any atom is 0.206 e. The molecular formula is C23H23N2OP. The van der Waals surface area contributed by atoms with Gasteiger partial charge < -0.3 is 0 Å². The highest BCUT2D eigenvalue weighted by atomic mass is 31.2. The van der Waals surface area contributed by atoms with E-state index in [2.05, 4.69) is 11.2 Å². The second kappa shape index (κ2) is 8.35. The summed E-state index contributed by atoms with van der Waals surface area (Å²) in [6.07, 6.45) is 1.36. The zero-order chi connectivity index (χ0) is 19.2. The van der Waals surface area contributed by atoms with Crippen LogP contribution in [0.2, 0.25) is 0 Å². The highest BCUT2D eigenvalue weighted by molar-refractivity contribution is 7.77. The maximum absolute atomic E-state index is 14.4. The van der Waals surface area contributed by atoms with Gasteiger partial charge in [-0.1, -0.05) is 80.1 Å². The molecule has 1 atom stereocenters. The molecule has 27 heavy (non-hydrogen) atoms. The number of nitrogens with one attached hydrogen (secondary N) is 1. The first-order valence-electron chi connectivity index (χ1n) is 9.12. The van der Waals surface area contributed by atoms with E-state index in [-0.39, 0.29) is 0 Å². The van der Waals surface area contributed by atoms with E-state index in [9.17, 15) is 9.83 Å². The summed E-state index contributed by atoms with van der Waals surface area (Å²) < 4.78 is 14.4. The van der Waals surface area contributed by atoms with Crippen molar-refractivity contribution in [3.8, 4) is 6.07 Å². The van der Waals surface area contributed by atoms with Gasteiger partial charge in [0.15, 0.2) is 0 Å². The Morgan fingerprint density at radius 3 is 1.70 bits per heavy atom. The van der Waals surface area contributed by atoms with Crippen LogP contribution in [-0.4, -0.2) is 0 Å². The normalized spacial score (nSPS) is 13.5. The number of nitriles is 1. The van der Waals surface area contributed by atoms with Gasteiger partial charge in [0.25, 0.3) is 0 Å². The Balaban J connectivity index is 2.18. The lowest BCUT2D eigenvalue weighted by Crippen LogP contribution is -2.43. The molecule has 0 saturated heterocycles. The first-order chi connectivity index (χ1) is 13.1. The van der Waals surface area contributed by atoms with Gasteiger partial charge in [0.2, 0.25) is 7.29 Å². The summed E-state index contributed by atoms with van der Waals surface area (Å²) in [5.41, 5.74) is -0.196. The Kier molecular flexibility index (Phi) is 5.91. The third-order valence-electron chi connectivity index (χ3n) is 4.67. The Morgan fingerprint density at radius 2 is 1.30 bits per heavy atom. The van der Waals surface area contributed by atoms with Crippen LogP contribution in [0, 0.1) is 11.3 Å². The second-order valence-electron chi connectivity index (χ2n) is 6.53. The topological polar surface area (TPSA) is 52.9 Å². The van der Waals surface area contributed by atoms with Crippen molar-refractivity contribution in [1.82, 2.24) is 5.09 Å². The van der Waals surface area contributed by atoms with Crippen LogP contribution in [0.4, 0.5) is 0 Å². The summed E-state index contributed by atoms with van der Waals surface area (Å²) in [5.74, 6) is 0. The van der Waals surface area contributed by atoms with Crippen LogP contribution in [0.3, 0.4) is 0 Å². The lowest BCUT2D eigenvalue weighted by molar-refractivity contribution is 0.460. The number of nitrogens with zero attached hydrogens (tertiary/aromatic N) is 1. The van der Waals surface area contributed by atoms with E-state index in [0.717, 1.165) is 12.0 Å². The fourth-order valence-corrected chi connectivity index (χ4v) is 5.90. The third-order valence-corrected chi connectivity index (χ3v) is 7.42. The van der Waals surface area contributed by atoms with Gasteiger partial charge in [0, 0.05) is 10.6 Å². The van der Waals surface area contributed by atoms with Crippen molar-refractivity contribution in [2.24, 2.45) is 0 Å². The smallest absolute Gasteiger partial charge is 0.206 e. The lowest BCUT2D eigenvalue weighted by Gasteiger charge is -2.33. The van der Waals surface area contributed by atoms with E-state index in [0.29, 0.717) is 17.0 Å². The number of rotatable bonds is 7. The molecule has 0 fully saturated rings. The third kappa shape index (κ3) is 3.88. The first kappa shape index (κ1) is 19.1. The Labute approximate surface area is 161 Å². The van der Waals surface area contributed by atoms with Gasteiger partial charge in [0.05, 0.1) is 6.07 Å². The number of hydrogen-bond donors (Lipinski definition) is 1. The van der Waals surface area contributed by atoms with E-state index in [4.69, 9.17) is 0 Å². The monoisotopic (exact) mass is 374 g/mol. The predicted molar refractivity (Wildman–Crippen MR) is 112 cm³/mol. The van der Waals surface area contributed by atoms with Crippen LogP contribution in [0.1, 0.15) is 25.3 Å². The second-order valence-corrected chi connectivity index (χ2v) is 9.00. The minimum absolute atomic E-state index is 0.567. The van der Waals surface area contributed by atoms with Crippen molar-refractivity contribution in [2.45, 2.75) is 25.3 Å². The quantitative estimate of drug-likeness (QED) is 0.609. The minimum Gasteiger partial charge on any atom is -0.296 e. The largest absolute Gasteiger partial charge is 0.296 e. The van der Waals surface area contributed by atoms with Crippen LogP contribution in [0.5, 0.6) is 0 Å². The van der Waals surface area contributed by atoms with E-state index in [1.165, 1.54) is 0 Å². The van der Waals surface area contributed by atoms with Crippen molar-refractivity contribution in [3.63, 3.8) is 0 Å². The van der Waals surface area contributed by atoms with Gasteiger partial charge in [-0.15, -0.1) is 0 Å².